The Morgan fingerprint density at radius 3 is 2.52 bits per heavy atom. The number of rotatable bonds is 6. The van der Waals surface area contributed by atoms with Gasteiger partial charge in [0.15, 0.2) is 17.2 Å². The number of carbonyl (C=O) groups excluding carboxylic acids is 1. The summed E-state index contributed by atoms with van der Waals surface area (Å²) < 4.78 is 17.8. The molecule has 0 aliphatic carbocycles. The van der Waals surface area contributed by atoms with Crippen LogP contribution in [0.1, 0.15) is 22.3 Å². The van der Waals surface area contributed by atoms with Crippen molar-refractivity contribution in [3.63, 3.8) is 0 Å². The summed E-state index contributed by atoms with van der Waals surface area (Å²) in [4.78, 5) is 16.7. The average Bonchev–Trinajstić information content (AvgIpc) is 3.14. The molecule has 0 spiro atoms. The molecule has 0 amide bonds. The summed E-state index contributed by atoms with van der Waals surface area (Å²) in [5, 5.41) is 0. The highest BCUT2D eigenvalue weighted by Gasteiger charge is 2.24. The molecule has 0 saturated carbocycles. The molecule has 1 aliphatic heterocycles. The zero-order valence-corrected chi connectivity index (χ0v) is 19.3. The number of aliphatic imine (C=N–C) groups is 1. The normalized spacial score (nSPS) is 14.4. The van der Waals surface area contributed by atoms with Crippen molar-refractivity contribution in [2.75, 3.05) is 7.11 Å². The maximum Gasteiger partial charge on any atom is 0.363 e. The predicted molar refractivity (Wildman–Crippen MR) is 128 cm³/mol. The van der Waals surface area contributed by atoms with Gasteiger partial charge in [0, 0.05) is 5.56 Å². The van der Waals surface area contributed by atoms with Crippen LogP contribution in [-0.2, 0) is 16.1 Å². The van der Waals surface area contributed by atoms with Crippen LogP contribution in [0.25, 0.3) is 6.08 Å². The fourth-order valence-corrected chi connectivity index (χ4v) is 3.86. The third-order valence-electron chi connectivity index (χ3n) is 4.70. The van der Waals surface area contributed by atoms with Gasteiger partial charge in [-0.15, -0.1) is 0 Å². The standard InChI is InChI=1S/C25H20INO4/c1-16-8-10-19(11-9-16)24-27-21(25(28)31-24)13-18-12-20(26)23(22(14-18)29-2)30-15-17-6-4-3-5-7-17/h3-14H,15H2,1-2H3/b21-13-. The van der Waals surface area contributed by atoms with E-state index in [0.29, 0.717) is 24.0 Å². The number of benzene rings is 3. The fourth-order valence-electron chi connectivity index (χ4n) is 3.08. The first kappa shape index (κ1) is 21.1. The highest BCUT2D eigenvalue weighted by atomic mass is 127. The second-order valence-electron chi connectivity index (χ2n) is 7.01. The van der Waals surface area contributed by atoms with Crippen LogP contribution < -0.4 is 9.47 Å². The Bertz CT molecular complexity index is 1170. The summed E-state index contributed by atoms with van der Waals surface area (Å²) in [6.45, 7) is 2.43. The van der Waals surface area contributed by atoms with Crippen molar-refractivity contribution in [1.82, 2.24) is 0 Å². The summed E-state index contributed by atoms with van der Waals surface area (Å²) in [5.74, 6) is 1.07. The van der Waals surface area contributed by atoms with Crippen LogP contribution in [0.4, 0.5) is 0 Å². The molecule has 4 rings (SSSR count). The third kappa shape index (κ3) is 4.96. The van der Waals surface area contributed by atoms with Gasteiger partial charge in [0.1, 0.15) is 6.61 Å². The number of halogens is 1. The minimum atomic E-state index is -0.478. The van der Waals surface area contributed by atoms with E-state index >= 15 is 0 Å². The number of esters is 1. The van der Waals surface area contributed by atoms with E-state index in [-0.39, 0.29) is 5.70 Å². The molecule has 3 aromatic rings. The highest BCUT2D eigenvalue weighted by Crippen LogP contribution is 2.35. The number of hydrogen-bond donors (Lipinski definition) is 0. The van der Waals surface area contributed by atoms with Crippen molar-refractivity contribution < 1.29 is 19.0 Å². The molecule has 0 radical (unpaired) electrons. The van der Waals surface area contributed by atoms with Gasteiger partial charge in [-0.1, -0.05) is 48.0 Å². The lowest BCUT2D eigenvalue weighted by Crippen LogP contribution is -2.05. The molecule has 0 aromatic heterocycles. The van der Waals surface area contributed by atoms with Gasteiger partial charge in [-0.05, 0) is 71.0 Å². The molecule has 5 nitrogen and oxygen atoms in total. The first-order chi connectivity index (χ1) is 15.0. The van der Waals surface area contributed by atoms with Crippen LogP contribution in [-0.4, -0.2) is 19.0 Å². The number of aryl methyl sites for hydroxylation is 1. The zero-order chi connectivity index (χ0) is 21.8. The topological polar surface area (TPSA) is 57.1 Å². The minimum absolute atomic E-state index is 0.242. The van der Waals surface area contributed by atoms with Crippen molar-refractivity contribution in [3.05, 3.63) is 98.3 Å². The molecular formula is C25H20INO4. The van der Waals surface area contributed by atoms with E-state index in [4.69, 9.17) is 14.2 Å². The number of hydrogen-bond acceptors (Lipinski definition) is 5. The second-order valence-corrected chi connectivity index (χ2v) is 8.17. The second kappa shape index (κ2) is 9.34. The van der Waals surface area contributed by atoms with Gasteiger partial charge in [-0.25, -0.2) is 9.79 Å². The first-order valence-corrected chi connectivity index (χ1v) is 10.8. The maximum absolute atomic E-state index is 12.3. The Labute approximate surface area is 194 Å². The van der Waals surface area contributed by atoms with Gasteiger partial charge in [0.05, 0.1) is 10.7 Å². The molecule has 6 heteroatoms. The van der Waals surface area contributed by atoms with Crippen LogP contribution in [0.15, 0.2) is 77.4 Å². The van der Waals surface area contributed by atoms with Crippen molar-refractivity contribution in [2.45, 2.75) is 13.5 Å². The molecule has 0 fully saturated rings. The Hall–Kier alpha value is -3.13. The maximum atomic E-state index is 12.3. The summed E-state index contributed by atoms with van der Waals surface area (Å²) >= 11 is 2.20. The smallest absolute Gasteiger partial charge is 0.363 e. The highest BCUT2D eigenvalue weighted by molar-refractivity contribution is 14.1. The molecule has 0 N–H and O–H groups in total. The van der Waals surface area contributed by atoms with E-state index in [1.165, 1.54) is 0 Å². The van der Waals surface area contributed by atoms with Gasteiger partial charge in [-0.2, -0.15) is 0 Å². The minimum Gasteiger partial charge on any atom is -0.493 e. The molecule has 0 saturated heterocycles. The molecular weight excluding hydrogens is 505 g/mol. The van der Waals surface area contributed by atoms with Gasteiger partial charge < -0.3 is 14.2 Å². The number of carbonyl (C=O) groups is 1. The Morgan fingerprint density at radius 2 is 1.81 bits per heavy atom. The predicted octanol–water partition coefficient (Wildman–Crippen LogP) is 5.53. The van der Waals surface area contributed by atoms with Crippen LogP contribution >= 0.6 is 22.6 Å². The van der Waals surface area contributed by atoms with Crippen LogP contribution in [0.5, 0.6) is 11.5 Å². The lowest BCUT2D eigenvalue weighted by atomic mass is 10.1. The van der Waals surface area contributed by atoms with Crippen molar-refractivity contribution in [1.29, 1.82) is 0 Å². The summed E-state index contributed by atoms with van der Waals surface area (Å²) in [6.07, 6.45) is 1.69. The van der Waals surface area contributed by atoms with Crippen LogP contribution in [0.3, 0.4) is 0 Å². The number of ether oxygens (including phenoxy) is 3. The van der Waals surface area contributed by atoms with E-state index in [2.05, 4.69) is 27.6 Å². The molecule has 3 aromatic carbocycles. The van der Waals surface area contributed by atoms with E-state index in [0.717, 1.165) is 25.8 Å². The van der Waals surface area contributed by atoms with Gasteiger partial charge in [0.2, 0.25) is 5.90 Å². The quantitative estimate of drug-likeness (QED) is 0.241. The lowest BCUT2D eigenvalue weighted by Gasteiger charge is -2.13. The Balaban J connectivity index is 1.59. The van der Waals surface area contributed by atoms with E-state index in [1.807, 2.05) is 73.7 Å². The molecule has 31 heavy (non-hydrogen) atoms. The molecule has 0 bridgehead atoms. The molecule has 156 valence electrons. The fraction of sp³-hybridized carbons (Fsp3) is 0.120. The first-order valence-electron chi connectivity index (χ1n) is 9.67. The SMILES string of the molecule is COc1cc(/C=C2\N=C(c3ccc(C)cc3)OC2=O)cc(I)c1OCc1ccccc1. The Morgan fingerprint density at radius 1 is 1.06 bits per heavy atom. The van der Waals surface area contributed by atoms with Gasteiger partial charge >= 0.3 is 5.97 Å². The molecule has 0 atom stereocenters. The van der Waals surface area contributed by atoms with E-state index in [9.17, 15) is 4.79 Å². The van der Waals surface area contributed by atoms with Crippen LogP contribution in [0.2, 0.25) is 0 Å². The summed E-state index contributed by atoms with van der Waals surface area (Å²) in [6, 6.07) is 21.3. The summed E-state index contributed by atoms with van der Waals surface area (Å²) in [5.41, 5.74) is 3.97. The lowest BCUT2D eigenvalue weighted by molar-refractivity contribution is -0.129. The molecule has 0 unspecified atom stereocenters. The van der Waals surface area contributed by atoms with Crippen molar-refractivity contribution in [3.8, 4) is 11.5 Å². The van der Waals surface area contributed by atoms with Gasteiger partial charge in [-0.3, -0.25) is 0 Å². The van der Waals surface area contributed by atoms with Crippen LogP contribution in [0, 0.1) is 10.5 Å². The van der Waals surface area contributed by atoms with E-state index in [1.54, 1.807) is 13.2 Å². The molecule has 1 heterocycles. The van der Waals surface area contributed by atoms with Crippen molar-refractivity contribution >= 4 is 40.5 Å². The largest absolute Gasteiger partial charge is 0.493 e. The monoisotopic (exact) mass is 525 g/mol. The number of nitrogens with zero attached hydrogens (tertiary/aromatic N) is 1. The Kier molecular flexibility index (Phi) is 6.36. The zero-order valence-electron chi connectivity index (χ0n) is 17.1. The van der Waals surface area contributed by atoms with E-state index < -0.39 is 5.97 Å². The average molecular weight is 525 g/mol. The summed E-state index contributed by atoms with van der Waals surface area (Å²) in [7, 11) is 1.59. The van der Waals surface area contributed by atoms with Gasteiger partial charge in [0.25, 0.3) is 0 Å². The number of methoxy groups -OCH3 is 1. The molecule has 1 aliphatic rings. The van der Waals surface area contributed by atoms with Crippen molar-refractivity contribution in [2.24, 2.45) is 4.99 Å². The number of cyclic esters (lactones) is 1. The third-order valence-corrected chi connectivity index (χ3v) is 5.50.